The van der Waals surface area contributed by atoms with E-state index in [2.05, 4.69) is 28.0 Å². The number of amidine groups is 1. The molecule has 0 bridgehead atoms. The van der Waals surface area contributed by atoms with Crippen molar-refractivity contribution in [2.24, 2.45) is 10.9 Å². The zero-order chi connectivity index (χ0) is 16.0. The number of nitrogens with zero attached hydrogens (tertiary/aromatic N) is 2. The van der Waals surface area contributed by atoms with Gasteiger partial charge in [-0.05, 0) is 48.3 Å². The Morgan fingerprint density at radius 2 is 2.10 bits per heavy atom. The maximum absolute atomic E-state index is 14.6. The normalized spacial score (nSPS) is 12.0. The molecule has 0 aliphatic rings. The quantitative estimate of drug-likeness (QED) is 0.253. The van der Waals surface area contributed by atoms with Crippen LogP contribution in [0.4, 0.5) is 10.1 Å². The predicted molar refractivity (Wildman–Crippen MR) is 88.6 cm³/mol. The molecule has 4 nitrogen and oxygen atoms in total. The largest absolute Gasteiger partial charge is 0.409 e. The van der Waals surface area contributed by atoms with Gasteiger partial charge in [0.25, 0.3) is 0 Å². The highest BCUT2D eigenvalue weighted by Crippen LogP contribution is 2.30. The summed E-state index contributed by atoms with van der Waals surface area (Å²) in [6, 6.07) is 3.53. The molecule has 0 atom stereocenters. The Morgan fingerprint density at radius 3 is 2.62 bits per heavy atom. The number of hydrogen-bond acceptors (Lipinski definition) is 3. The molecule has 0 saturated heterocycles. The predicted octanol–water partition coefficient (Wildman–Crippen LogP) is 4.09. The van der Waals surface area contributed by atoms with Gasteiger partial charge in [-0.2, -0.15) is 0 Å². The van der Waals surface area contributed by atoms with E-state index in [0.29, 0.717) is 11.3 Å². The SMILES string of the molecule is CCCCCN(c1ccc(/C(N)=N/O)c(Br)c1F)C(C)C. The molecule has 118 valence electrons. The minimum atomic E-state index is -0.385. The number of benzene rings is 1. The molecule has 21 heavy (non-hydrogen) atoms. The Kier molecular flexibility index (Phi) is 6.95. The second-order valence-corrected chi connectivity index (χ2v) is 6.03. The number of hydrogen-bond donors (Lipinski definition) is 2. The number of unbranched alkanes of at least 4 members (excludes halogenated alkanes) is 2. The molecule has 0 heterocycles. The van der Waals surface area contributed by atoms with Gasteiger partial charge in [0.1, 0.15) is 0 Å². The summed E-state index contributed by atoms with van der Waals surface area (Å²) in [7, 11) is 0. The second-order valence-electron chi connectivity index (χ2n) is 5.24. The fourth-order valence-corrected chi connectivity index (χ4v) is 2.74. The summed E-state index contributed by atoms with van der Waals surface area (Å²) in [5, 5.41) is 11.6. The molecule has 0 aromatic heterocycles. The minimum Gasteiger partial charge on any atom is -0.409 e. The standard InChI is InChI=1S/C15H23BrFN3O/c1-4-5-6-9-20(10(2)3)12-8-7-11(15(18)19-21)13(16)14(12)17/h7-8,10,21H,4-6,9H2,1-3H3,(H2,18,19). The van der Waals surface area contributed by atoms with Crippen LogP contribution in [0.2, 0.25) is 0 Å². The maximum atomic E-state index is 14.6. The summed E-state index contributed by atoms with van der Waals surface area (Å²) >= 11 is 3.20. The van der Waals surface area contributed by atoms with Gasteiger partial charge in [0.2, 0.25) is 0 Å². The number of oxime groups is 1. The molecule has 0 aliphatic heterocycles. The lowest BCUT2D eigenvalue weighted by atomic mass is 10.1. The van der Waals surface area contributed by atoms with Gasteiger partial charge in [-0.15, -0.1) is 0 Å². The fraction of sp³-hybridized carbons (Fsp3) is 0.533. The summed E-state index contributed by atoms with van der Waals surface area (Å²) < 4.78 is 14.8. The van der Waals surface area contributed by atoms with Crippen LogP contribution < -0.4 is 10.6 Å². The van der Waals surface area contributed by atoms with Crippen LogP contribution in [-0.4, -0.2) is 23.6 Å². The van der Waals surface area contributed by atoms with Crippen molar-refractivity contribution in [2.45, 2.75) is 46.1 Å². The molecule has 0 unspecified atom stereocenters. The van der Waals surface area contributed by atoms with Gasteiger partial charge in [0.15, 0.2) is 11.7 Å². The third kappa shape index (κ3) is 4.33. The van der Waals surface area contributed by atoms with Gasteiger partial charge in [0.05, 0.1) is 10.2 Å². The Hall–Kier alpha value is -1.30. The molecule has 0 fully saturated rings. The van der Waals surface area contributed by atoms with E-state index in [-0.39, 0.29) is 22.2 Å². The van der Waals surface area contributed by atoms with Gasteiger partial charge in [-0.25, -0.2) is 4.39 Å². The summed E-state index contributed by atoms with van der Waals surface area (Å²) in [6.07, 6.45) is 3.27. The van der Waals surface area contributed by atoms with Crippen molar-refractivity contribution in [2.75, 3.05) is 11.4 Å². The van der Waals surface area contributed by atoms with Crippen LogP contribution >= 0.6 is 15.9 Å². The third-order valence-corrected chi connectivity index (χ3v) is 4.16. The van der Waals surface area contributed by atoms with Gasteiger partial charge >= 0.3 is 0 Å². The van der Waals surface area contributed by atoms with Crippen molar-refractivity contribution in [3.8, 4) is 0 Å². The maximum Gasteiger partial charge on any atom is 0.171 e. The highest BCUT2D eigenvalue weighted by Gasteiger charge is 2.19. The lowest BCUT2D eigenvalue weighted by Gasteiger charge is -2.30. The Balaban J connectivity index is 3.13. The first-order valence-electron chi connectivity index (χ1n) is 7.16. The molecule has 6 heteroatoms. The molecule has 0 saturated carbocycles. The number of nitrogens with two attached hydrogens (primary N) is 1. The van der Waals surface area contributed by atoms with E-state index in [1.807, 2.05) is 18.7 Å². The molecular weight excluding hydrogens is 337 g/mol. The average molecular weight is 360 g/mol. The van der Waals surface area contributed by atoms with Crippen LogP contribution in [-0.2, 0) is 0 Å². The zero-order valence-electron chi connectivity index (χ0n) is 12.7. The molecule has 0 amide bonds. The minimum absolute atomic E-state index is 0.116. The summed E-state index contributed by atoms with van der Waals surface area (Å²) in [6.45, 7) is 7.02. The van der Waals surface area contributed by atoms with E-state index >= 15 is 0 Å². The van der Waals surface area contributed by atoms with Crippen LogP contribution in [0, 0.1) is 5.82 Å². The lowest BCUT2D eigenvalue weighted by Crippen LogP contribution is -2.32. The molecule has 0 radical (unpaired) electrons. The summed E-state index contributed by atoms with van der Waals surface area (Å²) in [5.41, 5.74) is 6.41. The number of rotatable bonds is 7. The number of anilines is 1. The van der Waals surface area contributed by atoms with E-state index in [4.69, 9.17) is 10.9 Å². The first kappa shape index (κ1) is 17.8. The van der Waals surface area contributed by atoms with E-state index < -0.39 is 0 Å². The van der Waals surface area contributed by atoms with E-state index in [1.165, 1.54) is 0 Å². The first-order valence-corrected chi connectivity index (χ1v) is 7.95. The second kappa shape index (κ2) is 8.22. The summed E-state index contributed by atoms with van der Waals surface area (Å²) in [5.74, 6) is -0.501. The summed E-state index contributed by atoms with van der Waals surface area (Å²) in [4.78, 5) is 2.03. The van der Waals surface area contributed by atoms with E-state index in [9.17, 15) is 4.39 Å². The Morgan fingerprint density at radius 1 is 1.43 bits per heavy atom. The first-order chi connectivity index (χ1) is 9.93. The van der Waals surface area contributed by atoms with Crippen LogP contribution in [0.5, 0.6) is 0 Å². The Labute approximate surface area is 133 Å². The Bertz CT molecular complexity index is 506. The molecule has 0 aliphatic carbocycles. The fourth-order valence-electron chi connectivity index (χ4n) is 2.20. The molecule has 1 rings (SSSR count). The molecule has 1 aromatic carbocycles. The lowest BCUT2D eigenvalue weighted by molar-refractivity contribution is 0.318. The van der Waals surface area contributed by atoms with Crippen molar-refractivity contribution >= 4 is 27.5 Å². The van der Waals surface area contributed by atoms with Gasteiger partial charge in [0, 0.05) is 18.2 Å². The van der Waals surface area contributed by atoms with Crippen molar-refractivity contribution < 1.29 is 9.60 Å². The van der Waals surface area contributed by atoms with Gasteiger partial charge < -0.3 is 15.8 Å². The van der Waals surface area contributed by atoms with Crippen molar-refractivity contribution in [1.82, 2.24) is 0 Å². The highest BCUT2D eigenvalue weighted by atomic mass is 79.9. The van der Waals surface area contributed by atoms with Gasteiger partial charge in [-0.3, -0.25) is 0 Å². The van der Waals surface area contributed by atoms with Crippen molar-refractivity contribution in [3.05, 3.63) is 28.0 Å². The molecule has 0 spiro atoms. The third-order valence-electron chi connectivity index (χ3n) is 3.38. The topological polar surface area (TPSA) is 61.8 Å². The molecular formula is C15H23BrFN3O. The zero-order valence-corrected chi connectivity index (χ0v) is 14.3. The number of halogens is 2. The van der Waals surface area contributed by atoms with Crippen LogP contribution in [0.1, 0.15) is 45.6 Å². The van der Waals surface area contributed by atoms with Crippen molar-refractivity contribution in [3.63, 3.8) is 0 Å². The average Bonchev–Trinajstić information content (AvgIpc) is 2.46. The molecule has 1 aromatic rings. The molecule has 3 N–H and O–H groups in total. The van der Waals surface area contributed by atoms with Crippen LogP contribution in [0.15, 0.2) is 21.8 Å². The van der Waals surface area contributed by atoms with Gasteiger partial charge in [-0.1, -0.05) is 24.9 Å². The smallest absolute Gasteiger partial charge is 0.171 e. The van der Waals surface area contributed by atoms with Crippen molar-refractivity contribution in [1.29, 1.82) is 0 Å². The monoisotopic (exact) mass is 359 g/mol. The van der Waals surface area contributed by atoms with E-state index in [0.717, 1.165) is 25.8 Å². The van der Waals surface area contributed by atoms with Crippen LogP contribution in [0.3, 0.4) is 0 Å². The highest BCUT2D eigenvalue weighted by molar-refractivity contribution is 9.10. The van der Waals surface area contributed by atoms with Crippen LogP contribution in [0.25, 0.3) is 0 Å². The van der Waals surface area contributed by atoms with E-state index in [1.54, 1.807) is 12.1 Å².